The zero-order chi connectivity index (χ0) is 13.9. The molecule has 20 heavy (non-hydrogen) atoms. The Morgan fingerprint density at radius 2 is 1.40 bits per heavy atom. The van der Waals surface area contributed by atoms with Crippen molar-refractivity contribution in [3.63, 3.8) is 0 Å². The monoisotopic (exact) mass is 263 g/mol. The molecule has 0 aliphatic heterocycles. The van der Waals surface area contributed by atoms with Crippen LogP contribution in [0.2, 0.25) is 0 Å². The van der Waals surface area contributed by atoms with Crippen molar-refractivity contribution in [1.29, 1.82) is 0 Å². The number of nitrogen functional groups attached to an aromatic ring is 1. The molecule has 2 N–H and O–H groups in total. The van der Waals surface area contributed by atoms with Gasteiger partial charge in [-0.15, -0.1) is 0 Å². The minimum absolute atomic E-state index is 0.00565. The molecule has 3 nitrogen and oxygen atoms in total. The molecule has 0 spiro atoms. The highest BCUT2D eigenvalue weighted by Crippen LogP contribution is 2.29. The topological polar surface area (TPSA) is 43.8 Å². The summed E-state index contributed by atoms with van der Waals surface area (Å²) in [6.45, 7) is 1.98. The van der Waals surface area contributed by atoms with Gasteiger partial charge < -0.3 is 5.73 Å². The first kappa shape index (κ1) is 12.5. The van der Waals surface area contributed by atoms with Crippen LogP contribution in [0.25, 0.3) is 0 Å². The van der Waals surface area contributed by atoms with E-state index in [1.54, 1.807) is 0 Å². The fourth-order valence-corrected chi connectivity index (χ4v) is 2.41. The Kier molecular flexibility index (Phi) is 3.25. The van der Waals surface area contributed by atoms with Gasteiger partial charge in [-0.1, -0.05) is 60.7 Å². The van der Waals surface area contributed by atoms with Crippen LogP contribution in [0.1, 0.15) is 22.7 Å². The summed E-state index contributed by atoms with van der Waals surface area (Å²) in [7, 11) is 0. The minimum atomic E-state index is 0.00565. The molecule has 100 valence electrons. The zero-order valence-electron chi connectivity index (χ0n) is 11.4. The number of aryl methyl sites for hydroxylation is 1. The molecule has 0 bridgehead atoms. The van der Waals surface area contributed by atoms with Gasteiger partial charge in [0.05, 0.1) is 6.20 Å². The summed E-state index contributed by atoms with van der Waals surface area (Å²) < 4.78 is 1.89. The second-order valence-corrected chi connectivity index (χ2v) is 4.88. The van der Waals surface area contributed by atoms with E-state index in [1.807, 2.05) is 54.2 Å². The highest BCUT2D eigenvalue weighted by molar-refractivity contribution is 5.42. The van der Waals surface area contributed by atoms with Crippen molar-refractivity contribution >= 4 is 5.82 Å². The van der Waals surface area contributed by atoms with Crippen LogP contribution in [0.15, 0.2) is 66.9 Å². The first-order valence-electron chi connectivity index (χ1n) is 6.67. The van der Waals surface area contributed by atoms with E-state index in [0.717, 1.165) is 5.56 Å². The van der Waals surface area contributed by atoms with Crippen LogP contribution >= 0.6 is 0 Å². The molecule has 0 aliphatic rings. The van der Waals surface area contributed by atoms with E-state index < -0.39 is 0 Å². The first-order chi connectivity index (χ1) is 9.77. The van der Waals surface area contributed by atoms with Crippen molar-refractivity contribution < 1.29 is 0 Å². The van der Waals surface area contributed by atoms with Crippen LogP contribution in [-0.4, -0.2) is 9.78 Å². The van der Waals surface area contributed by atoms with Gasteiger partial charge >= 0.3 is 0 Å². The fraction of sp³-hybridized carbons (Fsp3) is 0.118. The van der Waals surface area contributed by atoms with Crippen LogP contribution in [-0.2, 0) is 0 Å². The molecule has 0 radical (unpaired) electrons. The van der Waals surface area contributed by atoms with Crippen molar-refractivity contribution in [2.75, 3.05) is 5.73 Å². The van der Waals surface area contributed by atoms with Crippen LogP contribution in [0, 0.1) is 6.92 Å². The van der Waals surface area contributed by atoms with E-state index >= 15 is 0 Å². The van der Waals surface area contributed by atoms with Gasteiger partial charge in [0.1, 0.15) is 11.9 Å². The molecule has 1 heterocycles. The summed E-state index contributed by atoms with van der Waals surface area (Å²) in [4.78, 5) is 0. The summed E-state index contributed by atoms with van der Waals surface area (Å²) in [6.07, 6.45) is 1.81. The maximum Gasteiger partial charge on any atom is 0.125 e. The van der Waals surface area contributed by atoms with Gasteiger partial charge in [0.2, 0.25) is 0 Å². The lowest BCUT2D eigenvalue weighted by Gasteiger charge is -2.20. The van der Waals surface area contributed by atoms with Gasteiger partial charge in [-0.05, 0) is 18.1 Å². The third kappa shape index (κ3) is 2.18. The third-order valence-corrected chi connectivity index (χ3v) is 3.50. The molecule has 0 atom stereocenters. The second-order valence-electron chi connectivity index (χ2n) is 4.88. The highest BCUT2D eigenvalue weighted by atomic mass is 15.3. The van der Waals surface area contributed by atoms with E-state index in [-0.39, 0.29) is 6.04 Å². The molecule has 0 aliphatic carbocycles. The largest absolute Gasteiger partial charge is 0.384 e. The van der Waals surface area contributed by atoms with Crippen molar-refractivity contribution in [3.8, 4) is 0 Å². The summed E-state index contributed by atoms with van der Waals surface area (Å²) in [5, 5.41) is 4.46. The molecule has 0 saturated heterocycles. The third-order valence-electron chi connectivity index (χ3n) is 3.50. The average molecular weight is 263 g/mol. The Hall–Kier alpha value is -2.55. The van der Waals surface area contributed by atoms with E-state index in [0.29, 0.717) is 5.82 Å². The molecule has 3 aromatic rings. The lowest BCUT2D eigenvalue weighted by Crippen LogP contribution is -2.16. The Balaban J connectivity index is 2.17. The first-order valence-corrected chi connectivity index (χ1v) is 6.67. The smallest absolute Gasteiger partial charge is 0.125 e. The molecule has 0 unspecified atom stereocenters. The Bertz CT molecular complexity index is 647. The maximum absolute atomic E-state index is 6.18. The van der Waals surface area contributed by atoms with Crippen molar-refractivity contribution in [2.45, 2.75) is 13.0 Å². The molecule has 3 heteroatoms. The number of hydrogen-bond acceptors (Lipinski definition) is 2. The number of anilines is 1. The molecular formula is C17H17N3. The molecular weight excluding hydrogens is 246 g/mol. The number of benzene rings is 2. The number of hydrogen-bond donors (Lipinski definition) is 1. The van der Waals surface area contributed by atoms with E-state index in [9.17, 15) is 0 Å². The predicted octanol–water partition coefficient (Wildman–Crippen LogP) is 3.41. The lowest BCUT2D eigenvalue weighted by molar-refractivity contribution is 0.604. The van der Waals surface area contributed by atoms with Crippen molar-refractivity contribution in [3.05, 3.63) is 83.6 Å². The fourth-order valence-electron chi connectivity index (χ4n) is 2.41. The van der Waals surface area contributed by atoms with Crippen LogP contribution in [0.5, 0.6) is 0 Å². The van der Waals surface area contributed by atoms with Gasteiger partial charge in [0.15, 0.2) is 0 Å². The van der Waals surface area contributed by atoms with Gasteiger partial charge in [-0.25, -0.2) is 4.68 Å². The minimum Gasteiger partial charge on any atom is -0.384 e. The number of nitrogens with zero attached hydrogens (tertiary/aromatic N) is 2. The normalized spacial score (nSPS) is 10.9. The molecule has 1 aromatic heterocycles. The van der Waals surface area contributed by atoms with Crippen LogP contribution in [0.4, 0.5) is 5.82 Å². The highest BCUT2D eigenvalue weighted by Gasteiger charge is 2.19. The SMILES string of the molecule is Cc1cnn(C(c2ccccc2)c2ccccc2)c1N. The average Bonchev–Trinajstić information content (AvgIpc) is 2.82. The standard InChI is InChI=1S/C17H17N3/c1-13-12-19-20(17(13)18)16(14-8-4-2-5-9-14)15-10-6-3-7-11-15/h2-12,16H,18H2,1H3. The molecule has 0 fully saturated rings. The molecule has 0 amide bonds. The number of aromatic nitrogens is 2. The zero-order valence-corrected chi connectivity index (χ0v) is 11.4. The van der Waals surface area contributed by atoms with E-state index in [4.69, 9.17) is 5.73 Å². The predicted molar refractivity (Wildman–Crippen MR) is 81.5 cm³/mol. The number of rotatable bonds is 3. The Morgan fingerprint density at radius 3 is 1.80 bits per heavy atom. The number of nitrogens with two attached hydrogens (primary N) is 1. The van der Waals surface area contributed by atoms with Crippen LogP contribution in [0.3, 0.4) is 0 Å². The van der Waals surface area contributed by atoms with Crippen molar-refractivity contribution in [1.82, 2.24) is 9.78 Å². The molecule has 0 saturated carbocycles. The second kappa shape index (κ2) is 5.21. The summed E-state index contributed by atoms with van der Waals surface area (Å²) in [6, 6.07) is 20.6. The van der Waals surface area contributed by atoms with E-state index in [2.05, 4.69) is 29.4 Å². The van der Waals surface area contributed by atoms with Crippen LogP contribution < -0.4 is 5.73 Å². The summed E-state index contributed by atoms with van der Waals surface area (Å²) in [5.41, 5.74) is 9.53. The van der Waals surface area contributed by atoms with Gasteiger partial charge in [-0.3, -0.25) is 0 Å². The molecule has 2 aromatic carbocycles. The van der Waals surface area contributed by atoms with E-state index in [1.165, 1.54) is 11.1 Å². The Morgan fingerprint density at radius 1 is 0.900 bits per heavy atom. The van der Waals surface area contributed by atoms with Crippen molar-refractivity contribution in [2.24, 2.45) is 0 Å². The lowest BCUT2D eigenvalue weighted by atomic mass is 9.99. The molecule has 3 rings (SSSR count). The van der Waals surface area contributed by atoms with Gasteiger partial charge in [0.25, 0.3) is 0 Å². The Labute approximate surface area is 118 Å². The van der Waals surface area contributed by atoms with Gasteiger partial charge in [-0.2, -0.15) is 5.10 Å². The maximum atomic E-state index is 6.18. The van der Waals surface area contributed by atoms with Gasteiger partial charge in [0, 0.05) is 5.56 Å². The quantitative estimate of drug-likeness (QED) is 0.787. The summed E-state index contributed by atoms with van der Waals surface area (Å²) >= 11 is 0. The summed E-state index contributed by atoms with van der Waals surface area (Å²) in [5.74, 6) is 0.711.